The van der Waals surface area contributed by atoms with E-state index in [9.17, 15) is 0 Å². The predicted octanol–water partition coefficient (Wildman–Crippen LogP) is 1.95. The van der Waals surface area contributed by atoms with Crippen LogP contribution in [0.4, 0.5) is 5.69 Å². The normalized spacial score (nSPS) is 15.7. The summed E-state index contributed by atoms with van der Waals surface area (Å²) in [7, 11) is 1.77. The molecular formula is C16H27N3O. The number of anilines is 1. The molecule has 1 saturated heterocycles. The Bertz CT molecular complexity index is 412. The maximum atomic E-state index is 5.61. The molecule has 4 heteroatoms. The summed E-state index contributed by atoms with van der Waals surface area (Å²) in [5.74, 6) is 0.997. The number of benzene rings is 1. The van der Waals surface area contributed by atoms with Crippen molar-refractivity contribution < 1.29 is 4.74 Å². The van der Waals surface area contributed by atoms with Gasteiger partial charge in [-0.1, -0.05) is 19.9 Å². The third-order valence-electron chi connectivity index (χ3n) is 4.00. The monoisotopic (exact) mass is 277 g/mol. The average molecular weight is 277 g/mol. The van der Waals surface area contributed by atoms with Gasteiger partial charge in [-0.3, -0.25) is 4.90 Å². The highest BCUT2D eigenvalue weighted by molar-refractivity contribution is 5.60. The molecule has 1 fully saturated rings. The van der Waals surface area contributed by atoms with Gasteiger partial charge in [-0.05, 0) is 30.8 Å². The van der Waals surface area contributed by atoms with E-state index in [2.05, 4.69) is 47.2 Å². The summed E-state index contributed by atoms with van der Waals surface area (Å²) < 4.78 is 5.61. The van der Waals surface area contributed by atoms with Crippen molar-refractivity contribution in [1.29, 1.82) is 0 Å². The van der Waals surface area contributed by atoms with Crippen molar-refractivity contribution in [3.05, 3.63) is 23.8 Å². The van der Waals surface area contributed by atoms with Crippen LogP contribution in [0.1, 0.15) is 19.4 Å². The molecule has 0 amide bonds. The Labute approximate surface area is 122 Å². The highest BCUT2D eigenvalue weighted by Gasteiger charge is 2.15. The Morgan fingerprint density at radius 3 is 2.50 bits per heavy atom. The molecule has 1 aromatic rings. The molecule has 1 heterocycles. The Balaban J connectivity index is 2.14. The first-order chi connectivity index (χ1) is 9.78. The maximum absolute atomic E-state index is 5.61. The van der Waals surface area contributed by atoms with Crippen LogP contribution in [0, 0.1) is 0 Å². The number of nitrogens with zero attached hydrogens (tertiary/aromatic N) is 2. The summed E-state index contributed by atoms with van der Waals surface area (Å²) in [5, 5.41) is 3.39. The highest BCUT2D eigenvalue weighted by Crippen LogP contribution is 2.30. The molecule has 1 aliphatic rings. The molecule has 0 aliphatic carbocycles. The van der Waals surface area contributed by atoms with E-state index in [1.165, 1.54) is 11.3 Å². The lowest BCUT2D eigenvalue weighted by Crippen LogP contribution is -2.43. The topological polar surface area (TPSA) is 27.7 Å². The van der Waals surface area contributed by atoms with E-state index in [0.29, 0.717) is 0 Å². The van der Waals surface area contributed by atoms with Crippen molar-refractivity contribution >= 4 is 5.69 Å². The lowest BCUT2D eigenvalue weighted by atomic mass is 10.1. The molecule has 2 rings (SSSR count). The second kappa shape index (κ2) is 7.50. The van der Waals surface area contributed by atoms with Crippen molar-refractivity contribution in [2.45, 2.75) is 20.4 Å². The lowest BCUT2D eigenvalue weighted by molar-refractivity contribution is 0.295. The molecule has 0 aromatic heterocycles. The van der Waals surface area contributed by atoms with Crippen LogP contribution in [0.25, 0.3) is 0 Å². The minimum atomic E-state index is 0.991. The van der Waals surface area contributed by atoms with Gasteiger partial charge in [-0.15, -0.1) is 0 Å². The molecule has 20 heavy (non-hydrogen) atoms. The summed E-state index contributed by atoms with van der Waals surface area (Å²) in [4.78, 5) is 4.82. The number of hydrogen-bond donors (Lipinski definition) is 1. The van der Waals surface area contributed by atoms with E-state index < -0.39 is 0 Å². The maximum Gasteiger partial charge on any atom is 0.142 e. The average Bonchev–Trinajstić information content (AvgIpc) is 2.53. The van der Waals surface area contributed by atoms with Crippen LogP contribution in [-0.2, 0) is 6.54 Å². The van der Waals surface area contributed by atoms with Crippen molar-refractivity contribution in [2.24, 2.45) is 0 Å². The number of piperazine rings is 1. The van der Waals surface area contributed by atoms with Crippen LogP contribution in [0.5, 0.6) is 5.75 Å². The number of rotatable bonds is 6. The molecule has 0 bridgehead atoms. The number of ether oxygens (including phenoxy) is 1. The molecule has 0 atom stereocenters. The van der Waals surface area contributed by atoms with Crippen LogP contribution in [0.3, 0.4) is 0 Å². The van der Waals surface area contributed by atoms with E-state index in [1.54, 1.807) is 7.11 Å². The summed E-state index contributed by atoms with van der Waals surface area (Å²) in [6, 6.07) is 6.64. The van der Waals surface area contributed by atoms with E-state index in [1.807, 2.05) is 0 Å². The quantitative estimate of drug-likeness (QED) is 0.860. The van der Waals surface area contributed by atoms with Gasteiger partial charge >= 0.3 is 0 Å². The zero-order valence-corrected chi connectivity index (χ0v) is 13.0. The van der Waals surface area contributed by atoms with Crippen molar-refractivity contribution in [3.8, 4) is 5.75 Å². The van der Waals surface area contributed by atoms with E-state index in [4.69, 9.17) is 4.74 Å². The van der Waals surface area contributed by atoms with Gasteiger partial charge < -0.3 is 15.0 Å². The first-order valence-corrected chi connectivity index (χ1v) is 7.63. The summed E-state index contributed by atoms with van der Waals surface area (Å²) in [5.41, 5.74) is 2.54. The predicted molar refractivity (Wildman–Crippen MR) is 84.7 cm³/mol. The van der Waals surface area contributed by atoms with Crippen LogP contribution < -0.4 is 15.0 Å². The van der Waals surface area contributed by atoms with Crippen LogP contribution in [0.15, 0.2) is 18.2 Å². The molecule has 0 unspecified atom stereocenters. The zero-order chi connectivity index (χ0) is 14.4. The standard InChI is InChI=1S/C16H27N3O/c1-4-18(5-2)13-14-6-7-15(16(12-14)20-3)19-10-8-17-9-11-19/h6-7,12,17H,4-5,8-11,13H2,1-3H3. The summed E-state index contributed by atoms with van der Waals surface area (Å²) in [6.07, 6.45) is 0. The minimum Gasteiger partial charge on any atom is -0.495 e. The van der Waals surface area contributed by atoms with Gasteiger partial charge in [0.1, 0.15) is 5.75 Å². The van der Waals surface area contributed by atoms with E-state index >= 15 is 0 Å². The minimum absolute atomic E-state index is 0.991. The Morgan fingerprint density at radius 1 is 1.20 bits per heavy atom. The molecule has 1 aliphatic heterocycles. The van der Waals surface area contributed by atoms with Crippen LogP contribution >= 0.6 is 0 Å². The zero-order valence-electron chi connectivity index (χ0n) is 13.0. The van der Waals surface area contributed by atoms with Crippen molar-refractivity contribution in [2.75, 3.05) is 51.3 Å². The van der Waals surface area contributed by atoms with Gasteiger partial charge in [0.15, 0.2) is 0 Å². The van der Waals surface area contributed by atoms with Gasteiger partial charge in [0.05, 0.1) is 12.8 Å². The van der Waals surface area contributed by atoms with Gasteiger partial charge in [0.2, 0.25) is 0 Å². The van der Waals surface area contributed by atoms with Crippen LogP contribution in [0.2, 0.25) is 0 Å². The third kappa shape index (κ3) is 3.64. The fraction of sp³-hybridized carbons (Fsp3) is 0.625. The first kappa shape index (κ1) is 15.1. The van der Waals surface area contributed by atoms with E-state index in [-0.39, 0.29) is 0 Å². The fourth-order valence-corrected chi connectivity index (χ4v) is 2.69. The molecule has 4 nitrogen and oxygen atoms in total. The second-order valence-electron chi connectivity index (χ2n) is 5.20. The molecule has 1 aromatic carbocycles. The first-order valence-electron chi connectivity index (χ1n) is 7.63. The number of methoxy groups -OCH3 is 1. The van der Waals surface area contributed by atoms with Gasteiger partial charge in [0.25, 0.3) is 0 Å². The fourth-order valence-electron chi connectivity index (χ4n) is 2.69. The molecule has 1 N–H and O–H groups in total. The smallest absolute Gasteiger partial charge is 0.142 e. The highest BCUT2D eigenvalue weighted by atomic mass is 16.5. The molecule has 112 valence electrons. The van der Waals surface area contributed by atoms with Crippen molar-refractivity contribution in [3.63, 3.8) is 0 Å². The summed E-state index contributed by atoms with van der Waals surface area (Å²) in [6.45, 7) is 11.7. The SMILES string of the molecule is CCN(CC)Cc1ccc(N2CCNCC2)c(OC)c1. The number of nitrogens with one attached hydrogen (secondary N) is 1. The molecule has 0 radical (unpaired) electrons. The van der Waals surface area contributed by atoms with E-state index in [0.717, 1.165) is 51.6 Å². The third-order valence-corrected chi connectivity index (χ3v) is 4.00. The van der Waals surface area contributed by atoms with Gasteiger partial charge in [0, 0.05) is 32.7 Å². The summed E-state index contributed by atoms with van der Waals surface area (Å²) >= 11 is 0. The van der Waals surface area contributed by atoms with Gasteiger partial charge in [-0.2, -0.15) is 0 Å². The molecular weight excluding hydrogens is 250 g/mol. The van der Waals surface area contributed by atoms with Gasteiger partial charge in [-0.25, -0.2) is 0 Å². The Kier molecular flexibility index (Phi) is 5.68. The van der Waals surface area contributed by atoms with Crippen LogP contribution in [-0.4, -0.2) is 51.3 Å². The Morgan fingerprint density at radius 2 is 1.90 bits per heavy atom. The molecule has 0 spiro atoms. The largest absolute Gasteiger partial charge is 0.495 e. The Hall–Kier alpha value is -1.26. The number of hydrogen-bond acceptors (Lipinski definition) is 4. The van der Waals surface area contributed by atoms with Crippen molar-refractivity contribution in [1.82, 2.24) is 10.2 Å². The second-order valence-corrected chi connectivity index (χ2v) is 5.20. The lowest BCUT2D eigenvalue weighted by Gasteiger charge is -2.31. The molecule has 0 saturated carbocycles.